The summed E-state index contributed by atoms with van der Waals surface area (Å²) in [5.41, 5.74) is 21.5. The standard InChI is InChI=1S/C69H46N2/c1-5-17-47(18-6-1)49-29-35-56(36-30-49)70(54-21-9-3-10-22-54)58-39-33-51-45-64-63-41-34-52-43-59(71(55-23-11-4-12-24-55)57-37-31-50(32-38-57)48-19-7-2-8-20-48)40-42-60(52)68(63)69(67(64)46-53(51)44-58)65-27-15-13-25-61(65)62-26-14-16-28-66(62)69/h1-46H. The molecule has 0 atom stereocenters. The van der Waals surface area contributed by atoms with Gasteiger partial charge in [-0.05, 0) is 173 Å². The molecule has 0 radical (unpaired) electrons. The molecule has 0 N–H and O–H groups in total. The number of hydrogen-bond acceptors (Lipinski definition) is 2. The molecule has 2 heteroatoms. The maximum absolute atomic E-state index is 2.52. The van der Waals surface area contributed by atoms with Gasteiger partial charge in [-0.25, -0.2) is 0 Å². The summed E-state index contributed by atoms with van der Waals surface area (Å²) >= 11 is 0. The Morgan fingerprint density at radius 1 is 0.225 bits per heavy atom. The van der Waals surface area contributed by atoms with Crippen LogP contribution in [0.1, 0.15) is 22.3 Å². The van der Waals surface area contributed by atoms with Crippen LogP contribution in [0.15, 0.2) is 279 Å². The molecule has 2 nitrogen and oxygen atoms in total. The number of nitrogens with zero attached hydrogens (tertiary/aromatic N) is 2. The van der Waals surface area contributed by atoms with Gasteiger partial charge < -0.3 is 9.80 Å². The average molecular weight is 903 g/mol. The molecule has 0 heterocycles. The van der Waals surface area contributed by atoms with Crippen molar-refractivity contribution in [3.05, 3.63) is 301 Å². The predicted octanol–water partition coefficient (Wildman–Crippen LogP) is 18.6. The highest BCUT2D eigenvalue weighted by atomic mass is 15.1. The van der Waals surface area contributed by atoms with Crippen molar-refractivity contribution in [1.29, 1.82) is 0 Å². The third-order valence-corrected chi connectivity index (χ3v) is 15.0. The molecular weight excluding hydrogens is 857 g/mol. The Morgan fingerprint density at radius 2 is 0.634 bits per heavy atom. The van der Waals surface area contributed by atoms with Crippen molar-refractivity contribution < 1.29 is 0 Å². The normalized spacial score (nSPS) is 12.6. The summed E-state index contributed by atoms with van der Waals surface area (Å²) in [7, 11) is 0. The van der Waals surface area contributed by atoms with Gasteiger partial charge in [-0.15, -0.1) is 0 Å². The van der Waals surface area contributed by atoms with Gasteiger partial charge in [0.05, 0.1) is 5.41 Å². The smallest absolute Gasteiger partial charge is 0.0731 e. The molecular formula is C69H46N2. The molecule has 14 rings (SSSR count). The largest absolute Gasteiger partial charge is 0.310 e. The molecule has 0 aliphatic heterocycles. The molecule has 0 amide bonds. The molecule has 0 saturated heterocycles. The minimum Gasteiger partial charge on any atom is -0.310 e. The molecule has 0 bridgehead atoms. The first-order chi connectivity index (χ1) is 35.2. The van der Waals surface area contributed by atoms with E-state index in [4.69, 9.17) is 0 Å². The van der Waals surface area contributed by atoms with Crippen LogP contribution in [-0.4, -0.2) is 0 Å². The summed E-state index contributed by atoms with van der Waals surface area (Å²) in [6.07, 6.45) is 0. The van der Waals surface area contributed by atoms with Gasteiger partial charge in [-0.1, -0.05) is 194 Å². The van der Waals surface area contributed by atoms with Crippen LogP contribution in [0.5, 0.6) is 0 Å². The van der Waals surface area contributed by atoms with Gasteiger partial charge in [-0.3, -0.25) is 0 Å². The zero-order valence-corrected chi connectivity index (χ0v) is 39.0. The van der Waals surface area contributed by atoms with Gasteiger partial charge in [0.1, 0.15) is 0 Å². The quantitative estimate of drug-likeness (QED) is 0.150. The second-order valence-corrected chi connectivity index (χ2v) is 18.8. The molecule has 332 valence electrons. The van der Waals surface area contributed by atoms with Crippen LogP contribution in [0.4, 0.5) is 34.1 Å². The van der Waals surface area contributed by atoms with Crippen LogP contribution in [0.3, 0.4) is 0 Å². The number of hydrogen-bond donors (Lipinski definition) is 0. The zero-order chi connectivity index (χ0) is 46.9. The van der Waals surface area contributed by atoms with Gasteiger partial charge in [0.15, 0.2) is 0 Å². The first kappa shape index (κ1) is 40.8. The second kappa shape index (κ2) is 16.5. The third-order valence-electron chi connectivity index (χ3n) is 15.0. The molecule has 0 fully saturated rings. The Kier molecular flexibility index (Phi) is 9.47. The summed E-state index contributed by atoms with van der Waals surface area (Å²) in [5, 5.41) is 4.90. The van der Waals surface area contributed by atoms with Crippen molar-refractivity contribution in [3.8, 4) is 44.5 Å². The van der Waals surface area contributed by atoms with Crippen molar-refractivity contribution in [1.82, 2.24) is 0 Å². The summed E-state index contributed by atoms with van der Waals surface area (Å²) in [6, 6.07) is 103. The van der Waals surface area contributed by atoms with E-state index in [1.54, 1.807) is 0 Å². The van der Waals surface area contributed by atoms with Crippen molar-refractivity contribution >= 4 is 55.7 Å². The number of para-hydroxylation sites is 2. The lowest BCUT2D eigenvalue weighted by Crippen LogP contribution is -2.26. The number of rotatable bonds is 8. The van der Waals surface area contributed by atoms with E-state index in [2.05, 4.69) is 289 Å². The first-order valence-electron chi connectivity index (χ1n) is 24.6. The maximum Gasteiger partial charge on any atom is 0.0731 e. The van der Waals surface area contributed by atoms with Crippen LogP contribution >= 0.6 is 0 Å². The topological polar surface area (TPSA) is 6.48 Å². The molecule has 2 aliphatic rings. The van der Waals surface area contributed by atoms with Gasteiger partial charge in [0.2, 0.25) is 0 Å². The van der Waals surface area contributed by atoms with Crippen molar-refractivity contribution in [2.24, 2.45) is 0 Å². The summed E-state index contributed by atoms with van der Waals surface area (Å²) in [4.78, 5) is 4.76. The van der Waals surface area contributed by atoms with Crippen LogP contribution in [-0.2, 0) is 5.41 Å². The summed E-state index contributed by atoms with van der Waals surface area (Å²) < 4.78 is 0. The maximum atomic E-state index is 2.52. The molecule has 0 saturated carbocycles. The van der Waals surface area contributed by atoms with Crippen LogP contribution in [0.2, 0.25) is 0 Å². The molecule has 1 spiro atoms. The van der Waals surface area contributed by atoms with E-state index in [-0.39, 0.29) is 0 Å². The van der Waals surface area contributed by atoms with Crippen LogP contribution in [0, 0.1) is 0 Å². The summed E-state index contributed by atoms with van der Waals surface area (Å²) in [6.45, 7) is 0. The molecule has 0 unspecified atom stereocenters. The van der Waals surface area contributed by atoms with Crippen molar-refractivity contribution in [3.63, 3.8) is 0 Å². The lowest BCUT2D eigenvalue weighted by atomic mass is 9.69. The van der Waals surface area contributed by atoms with Gasteiger partial charge in [0.25, 0.3) is 0 Å². The fourth-order valence-corrected chi connectivity index (χ4v) is 11.9. The SMILES string of the molecule is c1ccc(-c2ccc(N(c3ccccc3)c3ccc4cc5c(cc4c3)C3(c4ccccc4-c4ccccc43)c3c-5ccc4cc(N(c5ccccc5)c5ccc(-c6ccccc6)cc5)ccc34)cc2)cc1. The molecule has 12 aromatic carbocycles. The van der Waals surface area contributed by atoms with Crippen molar-refractivity contribution in [2.75, 3.05) is 9.80 Å². The van der Waals surface area contributed by atoms with E-state index in [1.807, 2.05) is 0 Å². The highest BCUT2D eigenvalue weighted by Gasteiger charge is 2.52. The van der Waals surface area contributed by atoms with E-state index in [0.717, 1.165) is 34.1 Å². The van der Waals surface area contributed by atoms with E-state index >= 15 is 0 Å². The minimum atomic E-state index is -0.540. The Hall–Kier alpha value is -9.24. The molecule has 2 aliphatic carbocycles. The first-order valence-corrected chi connectivity index (χ1v) is 24.6. The summed E-state index contributed by atoms with van der Waals surface area (Å²) in [5.74, 6) is 0. The highest BCUT2D eigenvalue weighted by Crippen LogP contribution is 2.64. The minimum absolute atomic E-state index is 0.540. The van der Waals surface area contributed by atoms with Crippen molar-refractivity contribution in [2.45, 2.75) is 5.41 Å². The van der Waals surface area contributed by atoms with Crippen LogP contribution in [0.25, 0.3) is 66.1 Å². The molecule has 71 heavy (non-hydrogen) atoms. The second-order valence-electron chi connectivity index (χ2n) is 18.8. The van der Waals surface area contributed by atoms with Gasteiger partial charge in [0, 0.05) is 34.1 Å². The zero-order valence-electron chi connectivity index (χ0n) is 39.0. The fourth-order valence-electron chi connectivity index (χ4n) is 11.9. The lowest BCUT2D eigenvalue weighted by molar-refractivity contribution is 0.802. The van der Waals surface area contributed by atoms with E-state index in [1.165, 1.54) is 88.3 Å². The number of fused-ring (bicyclic) bond motifs is 13. The predicted molar refractivity (Wildman–Crippen MR) is 298 cm³/mol. The number of anilines is 6. The fraction of sp³-hybridized carbons (Fsp3) is 0.0145. The average Bonchev–Trinajstić information content (AvgIpc) is 3.91. The Labute approximate surface area is 414 Å². The van der Waals surface area contributed by atoms with Crippen LogP contribution < -0.4 is 9.80 Å². The van der Waals surface area contributed by atoms with E-state index in [0.29, 0.717) is 0 Å². The van der Waals surface area contributed by atoms with Gasteiger partial charge in [-0.2, -0.15) is 0 Å². The molecule has 0 aromatic heterocycles. The monoisotopic (exact) mass is 902 g/mol. The van der Waals surface area contributed by atoms with E-state index in [9.17, 15) is 0 Å². The Bertz CT molecular complexity index is 3910. The number of benzene rings is 12. The molecule has 12 aromatic rings. The van der Waals surface area contributed by atoms with E-state index < -0.39 is 5.41 Å². The highest BCUT2D eigenvalue weighted by molar-refractivity contribution is 6.07. The Balaban J connectivity index is 0.949. The third kappa shape index (κ3) is 6.49. The van der Waals surface area contributed by atoms with Gasteiger partial charge >= 0.3 is 0 Å². The Morgan fingerprint density at radius 3 is 1.17 bits per heavy atom. The lowest BCUT2D eigenvalue weighted by Gasteiger charge is -2.32.